The van der Waals surface area contributed by atoms with Gasteiger partial charge in [0.25, 0.3) is 17.7 Å². The molecule has 30 heavy (non-hydrogen) atoms. The van der Waals surface area contributed by atoms with Crippen molar-refractivity contribution in [3.8, 4) is 0 Å². The lowest BCUT2D eigenvalue weighted by atomic mass is 10.1. The highest BCUT2D eigenvalue weighted by molar-refractivity contribution is 6.22. The van der Waals surface area contributed by atoms with Crippen molar-refractivity contribution in [2.45, 2.75) is 19.9 Å². The van der Waals surface area contributed by atoms with E-state index in [1.807, 2.05) is 30.3 Å². The van der Waals surface area contributed by atoms with Crippen LogP contribution in [0.5, 0.6) is 0 Å². The van der Waals surface area contributed by atoms with Crippen LogP contribution in [0.15, 0.2) is 54.6 Å². The van der Waals surface area contributed by atoms with Gasteiger partial charge in [0.05, 0.1) is 11.1 Å². The molecule has 0 fully saturated rings. The van der Waals surface area contributed by atoms with E-state index in [4.69, 9.17) is 0 Å². The SMILES string of the molecule is CC(C)N1C(=O)c2ccc(C(=O)NCCNC(=O)/C=C/c3ccccc3)cc2C1=O. The first kappa shape index (κ1) is 21.0. The maximum absolute atomic E-state index is 12.4. The van der Waals surface area contributed by atoms with Crippen molar-refractivity contribution >= 4 is 29.7 Å². The first-order chi connectivity index (χ1) is 14.4. The van der Waals surface area contributed by atoms with E-state index < -0.39 is 5.91 Å². The van der Waals surface area contributed by atoms with Gasteiger partial charge in [0.15, 0.2) is 0 Å². The van der Waals surface area contributed by atoms with Crippen molar-refractivity contribution in [2.75, 3.05) is 13.1 Å². The Kier molecular flexibility index (Phi) is 6.41. The summed E-state index contributed by atoms with van der Waals surface area (Å²) in [5, 5.41) is 5.38. The highest BCUT2D eigenvalue weighted by Crippen LogP contribution is 2.25. The van der Waals surface area contributed by atoms with Crippen molar-refractivity contribution < 1.29 is 19.2 Å². The zero-order chi connectivity index (χ0) is 21.7. The molecule has 0 saturated carbocycles. The van der Waals surface area contributed by atoms with Gasteiger partial charge in [-0.05, 0) is 43.7 Å². The smallest absolute Gasteiger partial charge is 0.261 e. The number of carbonyl (C=O) groups excluding carboxylic acids is 4. The summed E-state index contributed by atoms with van der Waals surface area (Å²) in [4.78, 5) is 50.1. The average molecular weight is 405 g/mol. The molecule has 0 bridgehead atoms. The zero-order valence-corrected chi connectivity index (χ0v) is 16.8. The molecule has 154 valence electrons. The Labute approximate surface area is 174 Å². The molecule has 7 heteroatoms. The Bertz CT molecular complexity index is 1010. The molecule has 0 aliphatic carbocycles. The van der Waals surface area contributed by atoms with Gasteiger partial charge >= 0.3 is 0 Å². The van der Waals surface area contributed by atoms with Crippen LogP contribution in [0.25, 0.3) is 6.08 Å². The fourth-order valence-corrected chi connectivity index (χ4v) is 3.13. The third kappa shape index (κ3) is 4.63. The van der Waals surface area contributed by atoms with Gasteiger partial charge < -0.3 is 10.6 Å². The van der Waals surface area contributed by atoms with Crippen LogP contribution >= 0.6 is 0 Å². The van der Waals surface area contributed by atoms with E-state index >= 15 is 0 Å². The second kappa shape index (κ2) is 9.17. The number of nitrogens with zero attached hydrogens (tertiary/aromatic N) is 1. The fourth-order valence-electron chi connectivity index (χ4n) is 3.13. The van der Waals surface area contributed by atoms with E-state index in [9.17, 15) is 19.2 Å². The van der Waals surface area contributed by atoms with Crippen LogP contribution in [0, 0.1) is 0 Å². The molecule has 1 heterocycles. The number of imide groups is 1. The van der Waals surface area contributed by atoms with Crippen LogP contribution in [-0.2, 0) is 4.79 Å². The van der Waals surface area contributed by atoms with E-state index in [0.717, 1.165) is 5.56 Å². The summed E-state index contributed by atoms with van der Waals surface area (Å²) in [5.74, 6) is -1.38. The molecule has 3 rings (SSSR count). The molecule has 0 atom stereocenters. The van der Waals surface area contributed by atoms with E-state index in [1.165, 1.54) is 29.2 Å². The lowest BCUT2D eigenvalue weighted by Gasteiger charge is -2.17. The standard InChI is InChI=1S/C23H23N3O4/c1-15(2)26-22(29)18-10-9-17(14-19(18)23(26)30)21(28)25-13-12-24-20(27)11-8-16-6-4-3-5-7-16/h3-11,14-15H,12-13H2,1-2H3,(H,24,27)(H,25,28)/b11-8+. The summed E-state index contributed by atoms with van der Waals surface area (Å²) in [6, 6.07) is 13.6. The lowest BCUT2D eigenvalue weighted by Crippen LogP contribution is -2.36. The van der Waals surface area contributed by atoms with Crippen LogP contribution in [0.3, 0.4) is 0 Å². The average Bonchev–Trinajstić information content (AvgIpc) is 3.00. The first-order valence-electron chi connectivity index (χ1n) is 9.69. The largest absolute Gasteiger partial charge is 0.351 e. The second-order valence-electron chi connectivity index (χ2n) is 7.13. The third-order valence-corrected chi connectivity index (χ3v) is 4.63. The number of carbonyl (C=O) groups is 4. The number of rotatable bonds is 7. The summed E-state index contributed by atoms with van der Waals surface area (Å²) in [6.45, 7) is 4.01. The Balaban J connectivity index is 1.51. The number of hydrogen-bond donors (Lipinski definition) is 2. The fraction of sp³-hybridized carbons (Fsp3) is 0.217. The van der Waals surface area contributed by atoms with Crippen LogP contribution in [0.2, 0.25) is 0 Å². The van der Waals surface area contributed by atoms with E-state index in [2.05, 4.69) is 10.6 Å². The molecule has 2 aromatic rings. The summed E-state index contributed by atoms with van der Waals surface area (Å²) in [5.41, 5.74) is 1.75. The maximum Gasteiger partial charge on any atom is 0.261 e. The summed E-state index contributed by atoms with van der Waals surface area (Å²) >= 11 is 0. The molecule has 4 amide bonds. The number of amides is 4. The molecule has 1 aliphatic heterocycles. The van der Waals surface area contributed by atoms with Gasteiger partial charge in [-0.1, -0.05) is 30.3 Å². The summed E-state index contributed by atoms with van der Waals surface area (Å²) in [7, 11) is 0. The number of hydrogen-bond acceptors (Lipinski definition) is 4. The minimum Gasteiger partial charge on any atom is -0.351 e. The van der Waals surface area contributed by atoms with E-state index in [0.29, 0.717) is 5.56 Å². The van der Waals surface area contributed by atoms with Crippen molar-refractivity contribution in [3.05, 3.63) is 76.9 Å². The Morgan fingerprint density at radius 2 is 1.60 bits per heavy atom. The van der Waals surface area contributed by atoms with Gasteiger partial charge in [-0.2, -0.15) is 0 Å². The van der Waals surface area contributed by atoms with E-state index in [-0.39, 0.29) is 48.0 Å². The monoisotopic (exact) mass is 405 g/mol. The molecule has 2 aromatic carbocycles. The molecule has 0 radical (unpaired) electrons. The topological polar surface area (TPSA) is 95.6 Å². The van der Waals surface area contributed by atoms with Crippen LogP contribution in [-0.4, -0.2) is 47.7 Å². The molecule has 0 saturated heterocycles. The molecular weight excluding hydrogens is 382 g/mol. The zero-order valence-electron chi connectivity index (χ0n) is 16.8. The molecule has 2 N–H and O–H groups in total. The molecule has 1 aliphatic rings. The van der Waals surface area contributed by atoms with Gasteiger partial charge in [0, 0.05) is 30.8 Å². The molecule has 0 spiro atoms. The van der Waals surface area contributed by atoms with Crippen molar-refractivity contribution in [2.24, 2.45) is 0 Å². The number of benzene rings is 2. The Morgan fingerprint density at radius 1 is 0.933 bits per heavy atom. The van der Waals surface area contributed by atoms with Crippen molar-refractivity contribution in [1.29, 1.82) is 0 Å². The molecule has 0 aromatic heterocycles. The number of nitrogens with one attached hydrogen (secondary N) is 2. The van der Waals surface area contributed by atoms with E-state index in [1.54, 1.807) is 19.9 Å². The van der Waals surface area contributed by atoms with Crippen LogP contribution in [0.4, 0.5) is 0 Å². The third-order valence-electron chi connectivity index (χ3n) is 4.63. The van der Waals surface area contributed by atoms with Crippen LogP contribution in [0.1, 0.15) is 50.5 Å². The maximum atomic E-state index is 12.4. The predicted octanol–water partition coefficient (Wildman–Crippen LogP) is 2.25. The second-order valence-corrected chi connectivity index (χ2v) is 7.13. The van der Waals surface area contributed by atoms with Crippen molar-refractivity contribution in [3.63, 3.8) is 0 Å². The van der Waals surface area contributed by atoms with Gasteiger partial charge in [-0.25, -0.2) is 0 Å². The van der Waals surface area contributed by atoms with Crippen LogP contribution < -0.4 is 10.6 Å². The molecule has 7 nitrogen and oxygen atoms in total. The Morgan fingerprint density at radius 3 is 2.30 bits per heavy atom. The molecule has 0 unspecified atom stereocenters. The van der Waals surface area contributed by atoms with Gasteiger partial charge in [-0.3, -0.25) is 24.1 Å². The quantitative estimate of drug-likeness (QED) is 0.420. The minimum absolute atomic E-state index is 0.228. The predicted molar refractivity (Wildman–Crippen MR) is 113 cm³/mol. The normalized spacial score (nSPS) is 13.1. The van der Waals surface area contributed by atoms with Gasteiger partial charge in [0.1, 0.15) is 0 Å². The number of fused-ring (bicyclic) bond motifs is 1. The minimum atomic E-state index is -0.392. The highest BCUT2D eigenvalue weighted by atomic mass is 16.2. The lowest BCUT2D eigenvalue weighted by molar-refractivity contribution is -0.116. The summed E-state index contributed by atoms with van der Waals surface area (Å²) in [6.07, 6.45) is 3.14. The highest BCUT2D eigenvalue weighted by Gasteiger charge is 2.37. The van der Waals surface area contributed by atoms with Gasteiger partial charge in [-0.15, -0.1) is 0 Å². The summed E-state index contributed by atoms with van der Waals surface area (Å²) < 4.78 is 0. The van der Waals surface area contributed by atoms with Crippen molar-refractivity contribution in [1.82, 2.24) is 15.5 Å². The first-order valence-corrected chi connectivity index (χ1v) is 9.69. The van der Waals surface area contributed by atoms with Gasteiger partial charge in [0.2, 0.25) is 5.91 Å². The Hall–Kier alpha value is -3.74. The molecular formula is C23H23N3O4.